The second-order valence-electron chi connectivity index (χ2n) is 6.80. The summed E-state index contributed by atoms with van der Waals surface area (Å²) in [5.74, 6) is -0.442. The highest BCUT2D eigenvalue weighted by molar-refractivity contribution is 8.18. The van der Waals surface area contributed by atoms with E-state index in [9.17, 15) is 14.4 Å². The Morgan fingerprint density at radius 3 is 2.83 bits per heavy atom. The molecule has 8 heteroatoms. The van der Waals surface area contributed by atoms with Crippen LogP contribution in [0.25, 0.3) is 17.0 Å². The number of methoxy groups -OCH3 is 1. The molecule has 2 aromatic rings. The molecule has 1 aromatic carbocycles. The maximum Gasteiger partial charge on any atom is 0.293 e. The summed E-state index contributed by atoms with van der Waals surface area (Å²) >= 11 is 0.920. The Bertz CT molecular complexity index is 1020. The second kappa shape index (κ2) is 9.77. The Kier molecular flexibility index (Phi) is 7.12. The first-order chi connectivity index (χ1) is 14.5. The first kappa shape index (κ1) is 21.9. The number of rotatable bonds is 9. The van der Waals surface area contributed by atoms with Crippen LogP contribution in [0.3, 0.4) is 0 Å². The Morgan fingerprint density at radius 2 is 2.13 bits per heavy atom. The highest BCUT2D eigenvalue weighted by Gasteiger charge is 2.34. The van der Waals surface area contributed by atoms with Gasteiger partial charge in [0.05, 0.1) is 17.0 Å². The van der Waals surface area contributed by atoms with Crippen molar-refractivity contribution in [3.63, 3.8) is 0 Å². The third-order valence-electron chi connectivity index (χ3n) is 4.81. The molecule has 1 saturated heterocycles. The summed E-state index contributed by atoms with van der Waals surface area (Å²) < 4.78 is 6.87. The number of ether oxygens (including phenoxy) is 1. The van der Waals surface area contributed by atoms with Crippen molar-refractivity contribution < 1.29 is 19.1 Å². The number of fused-ring (bicyclic) bond motifs is 1. The van der Waals surface area contributed by atoms with Crippen molar-refractivity contribution in [1.29, 1.82) is 0 Å². The third kappa shape index (κ3) is 4.49. The molecule has 2 heterocycles. The van der Waals surface area contributed by atoms with Crippen LogP contribution in [-0.2, 0) is 27.3 Å². The van der Waals surface area contributed by atoms with E-state index >= 15 is 0 Å². The van der Waals surface area contributed by atoms with Crippen LogP contribution in [0.1, 0.15) is 18.1 Å². The first-order valence-corrected chi connectivity index (χ1v) is 10.5. The number of carbonyl (C=O) groups excluding carboxylic acids is 3. The van der Waals surface area contributed by atoms with Gasteiger partial charge in [0, 0.05) is 37.3 Å². The van der Waals surface area contributed by atoms with Crippen LogP contribution < -0.4 is 5.32 Å². The highest BCUT2D eigenvalue weighted by atomic mass is 32.2. The molecule has 0 spiro atoms. The van der Waals surface area contributed by atoms with E-state index in [0.29, 0.717) is 18.1 Å². The van der Waals surface area contributed by atoms with E-state index in [1.165, 1.54) is 11.0 Å². The molecule has 3 rings (SSSR count). The fourth-order valence-electron chi connectivity index (χ4n) is 3.42. The van der Waals surface area contributed by atoms with Gasteiger partial charge in [-0.1, -0.05) is 31.2 Å². The number of thioether (sulfide) groups is 1. The van der Waals surface area contributed by atoms with Gasteiger partial charge in [-0.05, 0) is 29.8 Å². The van der Waals surface area contributed by atoms with E-state index in [4.69, 9.17) is 4.74 Å². The average molecular weight is 428 g/mol. The number of benzene rings is 1. The molecular formula is C22H25N3O4S. The summed E-state index contributed by atoms with van der Waals surface area (Å²) in [7, 11) is 1.59. The van der Waals surface area contributed by atoms with E-state index in [0.717, 1.165) is 40.2 Å². The van der Waals surface area contributed by atoms with Crippen molar-refractivity contribution in [2.75, 3.05) is 26.8 Å². The van der Waals surface area contributed by atoms with Crippen LogP contribution >= 0.6 is 11.8 Å². The SMILES string of the molecule is C=CCN1C(=O)S/C(=C\c2cn(CC(=O)NCCOC)c3c(CC)cccc23)C1=O. The second-order valence-corrected chi connectivity index (χ2v) is 7.80. The lowest BCUT2D eigenvalue weighted by Gasteiger charge is -2.09. The lowest BCUT2D eigenvalue weighted by atomic mass is 10.1. The molecule has 0 atom stereocenters. The molecule has 7 nitrogen and oxygen atoms in total. The third-order valence-corrected chi connectivity index (χ3v) is 5.72. The Labute approximate surface area is 179 Å². The maximum absolute atomic E-state index is 12.6. The molecule has 1 aliphatic heterocycles. The van der Waals surface area contributed by atoms with E-state index < -0.39 is 0 Å². The zero-order valence-corrected chi connectivity index (χ0v) is 18.0. The minimum Gasteiger partial charge on any atom is -0.383 e. The Hall–Kier alpha value is -2.84. The van der Waals surface area contributed by atoms with E-state index in [1.807, 2.05) is 29.0 Å². The van der Waals surface area contributed by atoms with Crippen molar-refractivity contribution >= 4 is 45.8 Å². The topological polar surface area (TPSA) is 80.6 Å². The van der Waals surface area contributed by atoms with Gasteiger partial charge in [0.15, 0.2) is 0 Å². The smallest absolute Gasteiger partial charge is 0.293 e. The average Bonchev–Trinajstić information content (AvgIpc) is 3.20. The Morgan fingerprint density at radius 1 is 1.33 bits per heavy atom. The zero-order valence-electron chi connectivity index (χ0n) is 17.1. The number of imide groups is 1. The minimum atomic E-state index is -0.324. The highest BCUT2D eigenvalue weighted by Crippen LogP contribution is 2.34. The van der Waals surface area contributed by atoms with Crippen LogP contribution in [0.2, 0.25) is 0 Å². The van der Waals surface area contributed by atoms with Crippen molar-refractivity contribution in [3.8, 4) is 0 Å². The summed E-state index contributed by atoms with van der Waals surface area (Å²) in [6.45, 7) is 6.89. The van der Waals surface area contributed by atoms with Gasteiger partial charge in [-0.15, -0.1) is 6.58 Å². The molecule has 1 aromatic heterocycles. The summed E-state index contributed by atoms with van der Waals surface area (Å²) in [5, 5.41) is 3.47. The zero-order chi connectivity index (χ0) is 21.7. The van der Waals surface area contributed by atoms with Gasteiger partial charge in [-0.2, -0.15) is 0 Å². The molecule has 0 bridgehead atoms. The van der Waals surface area contributed by atoms with Gasteiger partial charge < -0.3 is 14.6 Å². The molecule has 3 amide bonds. The fourth-order valence-corrected chi connectivity index (χ4v) is 4.26. The monoisotopic (exact) mass is 427 g/mol. The first-order valence-electron chi connectivity index (χ1n) is 9.72. The molecule has 1 N–H and O–H groups in total. The number of hydrogen-bond donors (Lipinski definition) is 1. The van der Waals surface area contributed by atoms with Crippen molar-refractivity contribution in [1.82, 2.24) is 14.8 Å². The van der Waals surface area contributed by atoms with Crippen LogP contribution in [0.4, 0.5) is 4.79 Å². The fraction of sp³-hybridized carbons (Fsp3) is 0.318. The van der Waals surface area contributed by atoms with Crippen LogP contribution in [0.5, 0.6) is 0 Å². The van der Waals surface area contributed by atoms with Crippen molar-refractivity contribution in [2.24, 2.45) is 0 Å². The molecule has 158 valence electrons. The molecule has 0 unspecified atom stereocenters. The number of nitrogens with one attached hydrogen (secondary N) is 1. The van der Waals surface area contributed by atoms with Crippen LogP contribution in [-0.4, -0.2) is 53.3 Å². The van der Waals surface area contributed by atoms with Crippen LogP contribution in [0, 0.1) is 0 Å². The van der Waals surface area contributed by atoms with Gasteiger partial charge in [0.2, 0.25) is 5.91 Å². The van der Waals surface area contributed by atoms with Gasteiger partial charge in [0.25, 0.3) is 11.1 Å². The van der Waals surface area contributed by atoms with E-state index in [2.05, 4.69) is 18.8 Å². The quantitative estimate of drug-likeness (QED) is 0.378. The van der Waals surface area contributed by atoms with E-state index in [1.54, 1.807) is 13.2 Å². The summed E-state index contributed by atoms with van der Waals surface area (Å²) in [5.41, 5.74) is 2.86. The van der Waals surface area contributed by atoms with Gasteiger partial charge in [0.1, 0.15) is 6.54 Å². The summed E-state index contributed by atoms with van der Waals surface area (Å²) in [4.78, 5) is 38.6. The normalized spacial score (nSPS) is 15.4. The lowest BCUT2D eigenvalue weighted by Crippen LogP contribution is -2.30. The molecule has 0 radical (unpaired) electrons. The maximum atomic E-state index is 12.6. The van der Waals surface area contributed by atoms with Gasteiger partial charge in [-0.25, -0.2) is 0 Å². The van der Waals surface area contributed by atoms with Gasteiger partial charge in [-0.3, -0.25) is 19.3 Å². The predicted octanol–water partition coefficient (Wildman–Crippen LogP) is 3.19. The molecule has 0 aliphatic carbocycles. The van der Waals surface area contributed by atoms with E-state index in [-0.39, 0.29) is 30.1 Å². The standard InChI is InChI=1S/C22H25N3O4S/c1-4-10-25-21(27)18(30-22(25)28)12-16-13-24(14-19(26)23-9-11-29-3)20-15(5-2)7-6-8-17(16)20/h4,6-8,12-13H,1,5,9-11,14H2,2-3H3,(H,23,26)/b18-12-. The largest absolute Gasteiger partial charge is 0.383 e. The van der Waals surface area contributed by atoms with Crippen molar-refractivity contribution in [2.45, 2.75) is 19.9 Å². The number of aryl methyl sites for hydroxylation is 1. The summed E-state index contributed by atoms with van der Waals surface area (Å²) in [6.07, 6.45) is 5.93. The van der Waals surface area contributed by atoms with Crippen molar-refractivity contribution in [3.05, 3.63) is 53.1 Å². The lowest BCUT2D eigenvalue weighted by molar-refractivity contribution is -0.122. The number of para-hydroxylation sites is 1. The molecule has 1 aliphatic rings. The summed E-state index contributed by atoms with van der Waals surface area (Å²) in [6, 6.07) is 5.96. The van der Waals surface area contributed by atoms with Crippen LogP contribution in [0.15, 0.2) is 42.0 Å². The number of carbonyl (C=O) groups is 3. The molecule has 0 saturated carbocycles. The number of amides is 3. The predicted molar refractivity (Wildman–Crippen MR) is 119 cm³/mol. The number of nitrogens with zero attached hydrogens (tertiary/aromatic N) is 2. The number of hydrogen-bond acceptors (Lipinski definition) is 5. The Balaban J connectivity index is 1.98. The minimum absolute atomic E-state index is 0.118. The molecular weight excluding hydrogens is 402 g/mol. The number of aromatic nitrogens is 1. The molecule has 30 heavy (non-hydrogen) atoms. The molecule has 1 fully saturated rings. The van der Waals surface area contributed by atoms with Gasteiger partial charge >= 0.3 is 0 Å².